The van der Waals surface area contributed by atoms with Gasteiger partial charge in [0.15, 0.2) is 4.80 Å². The van der Waals surface area contributed by atoms with Gasteiger partial charge in [-0.2, -0.15) is 0 Å². The molecule has 1 aliphatic rings. The van der Waals surface area contributed by atoms with E-state index in [1.54, 1.807) is 50.3 Å². The lowest BCUT2D eigenvalue weighted by molar-refractivity contribution is -0.386. The second kappa shape index (κ2) is 13.4. The van der Waals surface area contributed by atoms with E-state index in [2.05, 4.69) is 20.9 Å². The van der Waals surface area contributed by atoms with E-state index < -0.39 is 22.5 Å². The lowest BCUT2D eigenvalue weighted by Gasteiger charge is -2.24. The van der Waals surface area contributed by atoms with Crippen LogP contribution in [0.5, 0.6) is 11.5 Å². The third-order valence-corrected chi connectivity index (χ3v) is 8.36. The number of aromatic nitrogens is 1. The molecule has 4 aromatic rings. The number of nitrogens with zero attached hydrogens (tertiary/aromatic N) is 3. The Morgan fingerprint density at radius 3 is 2.48 bits per heavy atom. The largest absolute Gasteiger partial charge is 0.494 e. The maximum Gasteiger partial charge on any atom is 0.338 e. The molecule has 0 fully saturated rings. The molecule has 0 saturated carbocycles. The van der Waals surface area contributed by atoms with Crippen molar-refractivity contribution < 1.29 is 23.9 Å². The molecular formula is C32H28BrN3O7S. The first-order chi connectivity index (χ1) is 21.2. The minimum absolute atomic E-state index is 0.0858. The Morgan fingerprint density at radius 1 is 1.09 bits per heavy atom. The van der Waals surface area contributed by atoms with Gasteiger partial charge < -0.3 is 14.2 Å². The number of carbonyl (C=O) groups excluding carboxylic acids is 1. The standard InChI is InChI=1S/C32H28BrN3O7S/c1-4-41-23-13-11-22(12-14-23)28-27(31(38)42-5-2)19(3)34-32-35(28)30(37)26(44-32)17-21-15-24(33)29(25(16-21)36(39)40)43-18-20-9-7-6-8-10-20/h6-17,28H,4-5,18H2,1-3H3/b26-17-/t28-/m0/s1. The average molecular weight is 679 g/mol. The smallest absolute Gasteiger partial charge is 0.338 e. The van der Waals surface area contributed by atoms with Crippen LogP contribution in [0.4, 0.5) is 5.69 Å². The van der Waals surface area contributed by atoms with Crippen molar-refractivity contribution in [2.24, 2.45) is 4.99 Å². The van der Waals surface area contributed by atoms with Crippen molar-refractivity contribution >= 4 is 45.0 Å². The number of rotatable bonds is 10. The summed E-state index contributed by atoms with van der Waals surface area (Å²) in [5.41, 5.74) is 2.00. The highest BCUT2D eigenvalue weighted by Crippen LogP contribution is 2.37. The molecule has 12 heteroatoms. The molecule has 0 amide bonds. The van der Waals surface area contributed by atoms with Gasteiger partial charge in [0.05, 0.1) is 44.5 Å². The molecule has 3 aromatic carbocycles. The summed E-state index contributed by atoms with van der Waals surface area (Å²) in [4.78, 5) is 43.6. The second-order valence-electron chi connectivity index (χ2n) is 9.69. The maximum atomic E-state index is 13.9. The molecule has 226 valence electrons. The van der Waals surface area contributed by atoms with E-state index in [1.807, 2.05) is 37.3 Å². The van der Waals surface area contributed by atoms with Crippen LogP contribution in [0.3, 0.4) is 0 Å². The van der Waals surface area contributed by atoms with Crippen molar-refractivity contribution in [3.05, 3.63) is 129 Å². The molecule has 2 heterocycles. The van der Waals surface area contributed by atoms with E-state index in [4.69, 9.17) is 14.2 Å². The summed E-state index contributed by atoms with van der Waals surface area (Å²) in [5, 5.41) is 12.0. The Hall–Kier alpha value is -4.55. The van der Waals surface area contributed by atoms with Crippen LogP contribution in [-0.4, -0.2) is 28.7 Å². The van der Waals surface area contributed by atoms with Crippen molar-refractivity contribution in [1.29, 1.82) is 0 Å². The topological polar surface area (TPSA) is 122 Å². The molecule has 44 heavy (non-hydrogen) atoms. The monoisotopic (exact) mass is 677 g/mol. The Balaban J connectivity index is 1.60. The van der Waals surface area contributed by atoms with Gasteiger partial charge in [-0.25, -0.2) is 9.79 Å². The van der Waals surface area contributed by atoms with Crippen LogP contribution in [-0.2, 0) is 16.1 Å². The van der Waals surface area contributed by atoms with E-state index in [0.717, 1.165) is 16.9 Å². The summed E-state index contributed by atoms with van der Waals surface area (Å²) >= 11 is 4.55. The van der Waals surface area contributed by atoms with Gasteiger partial charge in [-0.15, -0.1) is 0 Å². The van der Waals surface area contributed by atoms with E-state index in [0.29, 0.717) is 38.5 Å². The van der Waals surface area contributed by atoms with Crippen molar-refractivity contribution in [3.8, 4) is 11.5 Å². The molecule has 0 unspecified atom stereocenters. The third kappa shape index (κ3) is 6.36. The number of ether oxygens (including phenoxy) is 3. The van der Waals surface area contributed by atoms with E-state index >= 15 is 0 Å². The quantitative estimate of drug-likeness (QED) is 0.124. The van der Waals surface area contributed by atoms with Crippen molar-refractivity contribution in [2.75, 3.05) is 13.2 Å². The number of benzene rings is 3. The van der Waals surface area contributed by atoms with Crippen LogP contribution < -0.4 is 24.4 Å². The van der Waals surface area contributed by atoms with Gasteiger partial charge in [0.1, 0.15) is 12.4 Å². The van der Waals surface area contributed by atoms with E-state index in [1.165, 1.54) is 10.6 Å². The molecule has 1 aliphatic heterocycles. The normalized spacial score (nSPS) is 14.5. The van der Waals surface area contributed by atoms with Gasteiger partial charge in [-0.3, -0.25) is 19.5 Å². The Kier molecular flexibility index (Phi) is 9.40. The zero-order valence-corrected chi connectivity index (χ0v) is 26.5. The summed E-state index contributed by atoms with van der Waals surface area (Å²) in [6.07, 6.45) is 1.57. The number of esters is 1. The number of carbonyl (C=O) groups is 1. The Bertz CT molecular complexity index is 1930. The SMILES string of the molecule is CCOC(=O)C1=C(C)N=c2s/c(=C\c3cc(Br)c(OCc4ccccc4)c([N+](=O)[O-])c3)c(=O)n2[C@H]1c1ccc(OCC)cc1. The number of halogens is 1. The molecule has 1 atom stereocenters. The number of hydrogen-bond acceptors (Lipinski definition) is 9. The molecular weight excluding hydrogens is 650 g/mol. The van der Waals surface area contributed by atoms with E-state index in [-0.39, 0.29) is 34.8 Å². The number of fused-ring (bicyclic) bond motifs is 1. The summed E-state index contributed by atoms with van der Waals surface area (Å²) in [7, 11) is 0. The molecule has 0 saturated heterocycles. The highest BCUT2D eigenvalue weighted by molar-refractivity contribution is 9.10. The second-order valence-corrected chi connectivity index (χ2v) is 11.6. The van der Waals surface area contributed by atoms with Crippen LogP contribution in [0.15, 0.2) is 92.3 Å². The lowest BCUT2D eigenvalue weighted by atomic mass is 9.96. The third-order valence-electron chi connectivity index (χ3n) is 6.79. The van der Waals surface area contributed by atoms with Crippen LogP contribution in [0.25, 0.3) is 6.08 Å². The maximum absolute atomic E-state index is 13.9. The number of hydrogen-bond donors (Lipinski definition) is 0. The van der Waals surface area contributed by atoms with Crippen LogP contribution in [0, 0.1) is 10.1 Å². The zero-order chi connectivity index (χ0) is 31.4. The molecule has 0 bridgehead atoms. The Morgan fingerprint density at radius 2 is 1.82 bits per heavy atom. The highest BCUT2D eigenvalue weighted by atomic mass is 79.9. The first kappa shape index (κ1) is 30.9. The fraction of sp³-hybridized carbons (Fsp3) is 0.219. The zero-order valence-electron chi connectivity index (χ0n) is 24.1. The minimum Gasteiger partial charge on any atom is -0.494 e. The fourth-order valence-electron chi connectivity index (χ4n) is 4.86. The average Bonchev–Trinajstić information content (AvgIpc) is 3.30. The molecule has 5 rings (SSSR count). The Labute approximate surface area is 264 Å². The molecule has 0 aliphatic carbocycles. The van der Waals surface area contributed by atoms with Gasteiger partial charge in [-0.05, 0) is 77.7 Å². The molecule has 0 radical (unpaired) electrons. The molecule has 0 N–H and O–H groups in total. The number of nitro benzene ring substituents is 1. The first-order valence-corrected chi connectivity index (χ1v) is 15.4. The van der Waals surface area contributed by atoms with Crippen molar-refractivity contribution in [2.45, 2.75) is 33.4 Å². The number of allylic oxidation sites excluding steroid dienone is 1. The molecule has 1 aromatic heterocycles. The molecule has 0 spiro atoms. The van der Waals surface area contributed by atoms with Gasteiger partial charge in [0, 0.05) is 6.07 Å². The predicted molar refractivity (Wildman–Crippen MR) is 170 cm³/mol. The van der Waals surface area contributed by atoms with Crippen LogP contribution >= 0.6 is 27.3 Å². The summed E-state index contributed by atoms with van der Waals surface area (Å²) in [5.74, 6) is 0.181. The number of thiazole rings is 1. The van der Waals surface area contributed by atoms with Crippen LogP contribution in [0.2, 0.25) is 0 Å². The minimum atomic E-state index is -0.794. The highest BCUT2D eigenvalue weighted by Gasteiger charge is 2.33. The lowest BCUT2D eigenvalue weighted by Crippen LogP contribution is -2.39. The first-order valence-electron chi connectivity index (χ1n) is 13.8. The molecule has 10 nitrogen and oxygen atoms in total. The van der Waals surface area contributed by atoms with Gasteiger partial charge in [0.25, 0.3) is 5.56 Å². The summed E-state index contributed by atoms with van der Waals surface area (Å²) < 4.78 is 18.9. The van der Waals surface area contributed by atoms with Gasteiger partial charge >= 0.3 is 11.7 Å². The fourth-order valence-corrected chi connectivity index (χ4v) is 6.49. The van der Waals surface area contributed by atoms with Crippen molar-refractivity contribution in [1.82, 2.24) is 4.57 Å². The number of nitro groups is 1. The van der Waals surface area contributed by atoms with Gasteiger partial charge in [0.2, 0.25) is 5.75 Å². The van der Waals surface area contributed by atoms with Gasteiger partial charge in [-0.1, -0.05) is 53.8 Å². The predicted octanol–water partition coefficient (Wildman–Crippen LogP) is 5.45. The van der Waals surface area contributed by atoms with Crippen molar-refractivity contribution in [3.63, 3.8) is 0 Å². The summed E-state index contributed by atoms with van der Waals surface area (Å²) in [6, 6.07) is 18.7. The van der Waals surface area contributed by atoms with Crippen LogP contribution in [0.1, 0.15) is 43.5 Å². The van der Waals surface area contributed by atoms with E-state index in [9.17, 15) is 19.7 Å². The summed E-state index contributed by atoms with van der Waals surface area (Å²) in [6.45, 7) is 6.11.